The largest absolute Gasteiger partial charge is 0.493 e. The lowest BCUT2D eigenvalue weighted by Crippen LogP contribution is -2.02. The summed E-state index contributed by atoms with van der Waals surface area (Å²) in [5.74, 6) is 0.730. The summed E-state index contributed by atoms with van der Waals surface area (Å²) in [6, 6.07) is 6.83. The van der Waals surface area contributed by atoms with Crippen LogP contribution < -0.4 is 9.47 Å². The summed E-state index contributed by atoms with van der Waals surface area (Å²) in [6.07, 6.45) is 0.581. The second kappa shape index (κ2) is 6.03. The van der Waals surface area contributed by atoms with Gasteiger partial charge in [-0.3, -0.25) is 4.79 Å². The van der Waals surface area contributed by atoms with E-state index in [0.717, 1.165) is 0 Å². The molecule has 4 heteroatoms. The summed E-state index contributed by atoms with van der Waals surface area (Å²) in [4.78, 5) is 10.7. The van der Waals surface area contributed by atoms with Crippen molar-refractivity contribution in [3.63, 3.8) is 0 Å². The third kappa shape index (κ3) is 4.46. The number of carbonyl (C=O) groups excluding carboxylic acids is 1. The first kappa shape index (κ1) is 11.5. The number of aliphatic hydroxyl groups is 1. The molecule has 0 spiro atoms. The number of esters is 1. The van der Waals surface area contributed by atoms with Crippen molar-refractivity contribution in [3.8, 4) is 11.5 Å². The maximum absolute atomic E-state index is 10.7. The molecule has 82 valence electrons. The van der Waals surface area contributed by atoms with Gasteiger partial charge in [-0.15, -0.1) is 0 Å². The number of hydrogen-bond acceptors (Lipinski definition) is 4. The molecule has 0 atom stereocenters. The van der Waals surface area contributed by atoms with Crippen LogP contribution in [0.3, 0.4) is 0 Å². The molecule has 0 amide bonds. The Bertz CT molecular complexity index is 322. The average Bonchev–Trinajstić information content (AvgIpc) is 2.18. The number of ether oxygens (including phenoxy) is 2. The Morgan fingerprint density at radius 3 is 2.80 bits per heavy atom. The zero-order chi connectivity index (χ0) is 11.1. The summed E-state index contributed by atoms with van der Waals surface area (Å²) < 4.78 is 10.2. The topological polar surface area (TPSA) is 55.8 Å². The molecule has 0 saturated carbocycles. The monoisotopic (exact) mass is 210 g/mol. The molecule has 0 saturated heterocycles. The Morgan fingerprint density at radius 2 is 2.13 bits per heavy atom. The van der Waals surface area contributed by atoms with Gasteiger partial charge in [0.05, 0.1) is 6.61 Å². The molecule has 0 radical (unpaired) electrons. The van der Waals surface area contributed by atoms with Crippen molar-refractivity contribution in [2.45, 2.75) is 13.3 Å². The smallest absolute Gasteiger partial charge is 0.308 e. The van der Waals surface area contributed by atoms with E-state index < -0.39 is 0 Å². The van der Waals surface area contributed by atoms with Crippen LogP contribution in [0, 0.1) is 0 Å². The van der Waals surface area contributed by atoms with Crippen LogP contribution in [0.4, 0.5) is 0 Å². The third-order valence-corrected chi connectivity index (χ3v) is 1.64. The summed E-state index contributed by atoms with van der Waals surface area (Å²) >= 11 is 0. The third-order valence-electron chi connectivity index (χ3n) is 1.64. The molecule has 4 nitrogen and oxygen atoms in total. The molecule has 0 heterocycles. The average molecular weight is 210 g/mol. The summed E-state index contributed by atoms with van der Waals surface area (Å²) in [6.45, 7) is 1.89. The highest BCUT2D eigenvalue weighted by atomic mass is 16.5. The van der Waals surface area contributed by atoms with Crippen LogP contribution >= 0.6 is 0 Å². The predicted molar refractivity (Wildman–Crippen MR) is 54.9 cm³/mol. The van der Waals surface area contributed by atoms with Crippen LogP contribution in [0.5, 0.6) is 11.5 Å². The van der Waals surface area contributed by atoms with Crippen molar-refractivity contribution in [1.29, 1.82) is 0 Å². The maximum Gasteiger partial charge on any atom is 0.308 e. The minimum absolute atomic E-state index is 0.101. The molecule has 0 aliphatic heterocycles. The molecule has 15 heavy (non-hydrogen) atoms. The van der Waals surface area contributed by atoms with Crippen molar-refractivity contribution in [2.24, 2.45) is 0 Å². The van der Waals surface area contributed by atoms with Gasteiger partial charge in [0.15, 0.2) is 0 Å². The molecule has 1 N–H and O–H groups in total. The maximum atomic E-state index is 10.7. The standard InChI is InChI=1S/C11H14O4/c1-9(13)15-11-5-2-4-10(8-11)14-7-3-6-12/h2,4-5,8,12H,3,6-7H2,1H3. The lowest BCUT2D eigenvalue weighted by atomic mass is 10.3. The van der Waals surface area contributed by atoms with E-state index >= 15 is 0 Å². The van der Waals surface area contributed by atoms with Crippen molar-refractivity contribution in [2.75, 3.05) is 13.2 Å². The number of carbonyl (C=O) groups is 1. The summed E-state index contributed by atoms with van der Waals surface area (Å²) in [5.41, 5.74) is 0. The second-order valence-electron chi connectivity index (χ2n) is 2.99. The first-order chi connectivity index (χ1) is 7.22. The van der Waals surface area contributed by atoms with Crippen LogP contribution in [0.15, 0.2) is 24.3 Å². The van der Waals surface area contributed by atoms with E-state index in [1.807, 2.05) is 0 Å². The molecule has 1 rings (SSSR count). The normalized spacial score (nSPS) is 9.73. The molecule has 0 fully saturated rings. The van der Waals surface area contributed by atoms with E-state index in [9.17, 15) is 4.79 Å². The molecular weight excluding hydrogens is 196 g/mol. The zero-order valence-electron chi connectivity index (χ0n) is 8.60. The second-order valence-corrected chi connectivity index (χ2v) is 2.99. The van der Waals surface area contributed by atoms with Gasteiger partial charge in [-0.05, 0) is 12.1 Å². The Balaban J connectivity index is 2.53. The van der Waals surface area contributed by atoms with Gasteiger partial charge in [-0.1, -0.05) is 6.07 Å². The molecule has 0 unspecified atom stereocenters. The van der Waals surface area contributed by atoms with Crippen molar-refractivity contribution >= 4 is 5.97 Å². The van der Waals surface area contributed by atoms with E-state index in [2.05, 4.69) is 0 Å². The highest BCUT2D eigenvalue weighted by Crippen LogP contribution is 2.19. The first-order valence-electron chi connectivity index (χ1n) is 4.74. The van der Waals surface area contributed by atoms with Gasteiger partial charge in [0.1, 0.15) is 11.5 Å². The SMILES string of the molecule is CC(=O)Oc1cccc(OCCCO)c1. The Kier molecular flexibility index (Phi) is 4.63. The molecule has 0 aliphatic carbocycles. The predicted octanol–water partition coefficient (Wildman–Crippen LogP) is 1.37. The lowest BCUT2D eigenvalue weighted by Gasteiger charge is -2.06. The van der Waals surface area contributed by atoms with Crippen molar-refractivity contribution in [1.82, 2.24) is 0 Å². The fraction of sp³-hybridized carbons (Fsp3) is 0.364. The number of rotatable bonds is 5. The Labute approximate surface area is 88.4 Å². The van der Waals surface area contributed by atoms with Crippen LogP contribution in [-0.4, -0.2) is 24.3 Å². The van der Waals surface area contributed by atoms with Crippen LogP contribution in [0.25, 0.3) is 0 Å². The number of aliphatic hydroxyl groups excluding tert-OH is 1. The van der Waals surface area contributed by atoms with Gasteiger partial charge in [-0.2, -0.15) is 0 Å². The molecule has 1 aromatic carbocycles. The lowest BCUT2D eigenvalue weighted by molar-refractivity contribution is -0.131. The van der Waals surface area contributed by atoms with Crippen molar-refractivity contribution < 1.29 is 19.4 Å². The molecule has 0 bridgehead atoms. The Hall–Kier alpha value is -1.55. The van der Waals surface area contributed by atoms with E-state index in [4.69, 9.17) is 14.6 Å². The molecular formula is C11H14O4. The van der Waals surface area contributed by atoms with Gasteiger partial charge >= 0.3 is 5.97 Å². The van der Waals surface area contributed by atoms with Gasteiger partial charge in [0.25, 0.3) is 0 Å². The number of hydrogen-bond donors (Lipinski definition) is 1. The van der Waals surface area contributed by atoms with Gasteiger partial charge < -0.3 is 14.6 Å². The number of benzene rings is 1. The Morgan fingerprint density at radius 1 is 1.40 bits per heavy atom. The van der Waals surface area contributed by atoms with Gasteiger partial charge in [0, 0.05) is 26.0 Å². The summed E-state index contributed by atoms with van der Waals surface area (Å²) in [5, 5.41) is 8.57. The fourth-order valence-electron chi connectivity index (χ4n) is 1.05. The van der Waals surface area contributed by atoms with Crippen molar-refractivity contribution in [3.05, 3.63) is 24.3 Å². The van der Waals surface area contributed by atoms with Crippen LogP contribution in [0.1, 0.15) is 13.3 Å². The highest BCUT2D eigenvalue weighted by molar-refractivity contribution is 5.69. The fourth-order valence-corrected chi connectivity index (χ4v) is 1.05. The van der Waals surface area contributed by atoms with E-state index in [-0.39, 0.29) is 12.6 Å². The minimum atomic E-state index is -0.359. The highest BCUT2D eigenvalue weighted by Gasteiger charge is 2.00. The zero-order valence-corrected chi connectivity index (χ0v) is 8.60. The molecule has 1 aromatic rings. The van der Waals surface area contributed by atoms with E-state index in [1.165, 1.54) is 6.92 Å². The van der Waals surface area contributed by atoms with Crippen LogP contribution in [0.2, 0.25) is 0 Å². The molecule has 0 aromatic heterocycles. The van der Waals surface area contributed by atoms with Crippen LogP contribution in [-0.2, 0) is 4.79 Å². The summed E-state index contributed by atoms with van der Waals surface area (Å²) in [7, 11) is 0. The van der Waals surface area contributed by atoms with Gasteiger partial charge in [0.2, 0.25) is 0 Å². The first-order valence-corrected chi connectivity index (χ1v) is 4.74. The van der Waals surface area contributed by atoms with E-state index in [0.29, 0.717) is 24.5 Å². The molecule has 0 aliphatic rings. The minimum Gasteiger partial charge on any atom is -0.493 e. The quantitative estimate of drug-likeness (QED) is 0.453. The van der Waals surface area contributed by atoms with E-state index in [1.54, 1.807) is 24.3 Å². The van der Waals surface area contributed by atoms with Gasteiger partial charge in [-0.25, -0.2) is 0 Å².